The molecule has 0 aliphatic carbocycles. The minimum Gasteiger partial charge on any atom is -0.497 e. The molecule has 0 unspecified atom stereocenters. The van der Waals surface area contributed by atoms with Gasteiger partial charge in [-0.15, -0.1) is 0 Å². The van der Waals surface area contributed by atoms with Crippen LogP contribution < -0.4 is 9.46 Å². The van der Waals surface area contributed by atoms with Gasteiger partial charge in [-0.25, -0.2) is 8.42 Å². The van der Waals surface area contributed by atoms with Gasteiger partial charge in [0.25, 0.3) is 10.0 Å². The number of anilines is 1. The summed E-state index contributed by atoms with van der Waals surface area (Å²) in [5, 5.41) is 0. The number of benzene rings is 2. The molecule has 0 heterocycles. The molecule has 4 nitrogen and oxygen atoms in total. The summed E-state index contributed by atoms with van der Waals surface area (Å²) in [5.74, 6) is 0.493. The molecular weight excluding hydrogens is 351 g/mol. The van der Waals surface area contributed by atoms with Gasteiger partial charge in [-0.3, -0.25) is 4.72 Å². The van der Waals surface area contributed by atoms with Crippen LogP contribution in [0.3, 0.4) is 0 Å². The summed E-state index contributed by atoms with van der Waals surface area (Å²) >= 11 is -0.310. The fourth-order valence-electron chi connectivity index (χ4n) is 1.73. The molecule has 9 heteroatoms. The lowest BCUT2D eigenvalue weighted by Crippen LogP contribution is -2.13. The maximum Gasteiger partial charge on any atom is 0.446 e. The summed E-state index contributed by atoms with van der Waals surface area (Å²) in [5.41, 5.74) is -4.39. The highest BCUT2D eigenvalue weighted by atomic mass is 32.2. The maximum absolute atomic E-state index is 12.4. The average molecular weight is 363 g/mol. The predicted molar refractivity (Wildman–Crippen MR) is 82.2 cm³/mol. The fraction of sp³-hybridized carbons (Fsp3) is 0.143. The fourth-order valence-corrected chi connectivity index (χ4v) is 3.37. The van der Waals surface area contributed by atoms with Crippen molar-refractivity contribution in [1.29, 1.82) is 0 Å². The summed E-state index contributed by atoms with van der Waals surface area (Å²) < 4.78 is 68.7. The van der Waals surface area contributed by atoms with Crippen LogP contribution in [0, 0.1) is 0 Å². The molecule has 124 valence electrons. The van der Waals surface area contributed by atoms with Crippen LogP contribution in [0.25, 0.3) is 0 Å². The first-order chi connectivity index (χ1) is 10.7. The summed E-state index contributed by atoms with van der Waals surface area (Å²) in [6.07, 6.45) is 0. The zero-order chi connectivity index (χ0) is 17.1. The standard InChI is InChI=1S/C14H12F3NO3S2/c1-21-11-5-7-13(8-6-11)23(19,20)18-10-3-2-4-12(9-10)22-14(15,16)17/h2-9,18H,1H3. The highest BCUT2D eigenvalue weighted by molar-refractivity contribution is 8.00. The maximum atomic E-state index is 12.4. The Hall–Kier alpha value is -1.87. The second-order valence-corrected chi connectivity index (χ2v) is 7.18. The third kappa shape index (κ3) is 5.07. The van der Waals surface area contributed by atoms with E-state index in [2.05, 4.69) is 4.72 Å². The summed E-state index contributed by atoms with van der Waals surface area (Å²) in [7, 11) is -2.44. The van der Waals surface area contributed by atoms with E-state index in [1.807, 2.05) is 0 Å². The molecule has 0 fully saturated rings. The SMILES string of the molecule is COc1ccc(S(=O)(=O)Nc2cccc(SC(F)(F)F)c2)cc1. The van der Waals surface area contributed by atoms with Gasteiger partial charge in [0.2, 0.25) is 0 Å². The molecule has 0 aliphatic rings. The number of hydrogen-bond acceptors (Lipinski definition) is 4. The lowest BCUT2D eigenvalue weighted by Gasteiger charge is -2.10. The van der Waals surface area contributed by atoms with Gasteiger partial charge in [-0.2, -0.15) is 13.2 Å². The van der Waals surface area contributed by atoms with Gasteiger partial charge in [-0.05, 0) is 54.2 Å². The molecule has 0 spiro atoms. The topological polar surface area (TPSA) is 55.4 Å². The van der Waals surface area contributed by atoms with Crippen LogP contribution in [0.4, 0.5) is 18.9 Å². The third-order valence-corrected chi connectivity index (χ3v) is 4.81. The summed E-state index contributed by atoms with van der Waals surface area (Å²) in [6, 6.07) is 10.7. The minimum atomic E-state index is -4.44. The Morgan fingerprint density at radius 2 is 1.74 bits per heavy atom. The quantitative estimate of drug-likeness (QED) is 0.813. The second kappa shape index (κ2) is 6.71. The summed E-state index contributed by atoms with van der Waals surface area (Å²) in [6.45, 7) is 0. The first-order valence-corrected chi connectivity index (χ1v) is 8.52. The van der Waals surface area contributed by atoms with E-state index in [1.165, 1.54) is 49.6 Å². The van der Waals surface area contributed by atoms with Gasteiger partial charge in [0.1, 0.15) is 5.75 Å². The number of sulfonamides is 1. The molecule has 0 atom stereocenters. The van der Waals surface area contributed by atoms with Gasteiger partial charge in [0.15, 0.2) is 0 Å². The number of hydrogen-bond donors (Lipinski definition) is 1. The molecule has 1 N–H and O–H groups in total. The Labute approximate surface area is 135 Å². The van der Waals surface area contributed by atoms with Crippen LogP contribution in [0.15, 0.2) is 58.3 Å². The van der Waals surface area contributed by atoms with E-state index in [0.29, 0.717) is 5.75 Å². The number of alkyl halides is 3. The van der Waals surface area contributed by atoms with Crippen LogP contribution in [-0.4, -0.2) is 21.0 Å². The second-order valence-electron chi connectivity index (χ2n) is 4.36. The van der Waals surface area contributed by atoms with E-state index in [0.717, 1.165) is 6.07 Å². The van der Waals surface area contributed by atoms with Crippen molar-refractivity contribution >= 4 is 27.5 Å². The molecule has 2 aromatic carbocycles. The van der Waals surface area contributed by atoms with E-state index in [-0.39, 0.29) is 27.2 Å². The third-order valence-electron chi connectivity index (χ3n) is 2.69. The Kier molecular flexibility index (Phi) is 5.10. The van der Waals surface area contributed by atoms with Crippen molar-refractivity contribution in [3.63, 3.8) is 0 Å². The zero-order valence-electron chi connectivity index (χ0n) is 11.8. The van der Waals surface area contributed by atoms with Crippen LogP contribution in [0.5, 0.6) is 5.75 Å². The van der Waals surface area contributed by atoms with Gasteiger partial charge in [0, 0.05) is 10.6 Å². The van der Waals surface area contributed by atoms with Crippen molar-refractivity contribution in [1.82, 2.24) is 0 Å². The Balaban J connectivity index is 2.21. The number of rotatable bonds is 5. The van der Waals surface area contributed by atoms with Crippen molar-refractivity contribution in [2.24, 2.45) is 0 Å². The monoisotopic (exact) mass is 363 g/mol. The molecule has 0 saturated heterocycles. The van der Waals surface area contributed by atoms with Crippen LogP contribution in [0.1, 0.15) is 0 Å². The van der Waals surface area contributed by atoms with Crippen LogP contribution in [-0.2, 0) is 10.0 Å². The largest absolute Gasteiger partial charge is 0.497 e. The van der Waals surface area contributed by atoms with Gasteiger partial charge >= 0.3 is 5.51 Å². The van der Waals surface area contributed by atoms with E-state index < -0.39 is 15.5 Å². The number of nitrogens with one attached hydrogen (secondary N) is 1. The van der Waals surface area contributed by atoms with Gasteiger partial charge in [0.05, 0.1) is 12.0 Å². The first-order valence-electron chi connectivity index (χ1n) is 6.22. The molecule has 0 bridgehead atoms. The Bertz CT molecular complexity index is 775. The Morgan fingerprint density at radius 3 is 2.30 bits per heavy atom. The van der Waals surface area contributed by atoms with Crippen molar-refractivity contribution < 1.29 is 26.3 Å². The summed E-state index contributed by atoms with van der Waals surface area (Å²) in [4.78, 5) is -0.125. The number of methoxy groups -OCH3 is 1. The lowest BCUT2D eigenvalue weighted by molar-refractivity contribution is -0.0328. The van der Waals surface area contributed by atoms with Crippen molar-refractivity contribution in [2.45, 2.75) is 15.3 Å². The molecular formula is C14H12F3NO3S2. The smallest absolute Gasteiger partial charge is 0.446 e. The molecule has 23 heavy (non-hydrogen) atoms. The average Bonchev–Trinajstić information content (AvgIpc) is 2.45. The highest BCUT2D eigenvalue weighted by Crippen LogP contribution is 2.37. The van der Waals surface area contributed by atoms with Gasteiger partial charge < -0.3 is 4.74 Å². The number of halogens is 3. The van der Waals surface area contributed by atoms with E-state index in [1.54, 1.807) is 0 Å². The van der Waals surface area contributed by atoms with E-state index in [4.69, 9.17) is 4.74 Å². The zero-order valence-corrected chi connectivity index (χ0v) is 13.4. The normalized spacial score (nSPS) is 12.0. The van der Waals surface area contributed by atoms with Crippen molar-refractivity contribution in [3.8, 4) is 5.75 Å². The number of thioether (sulfide) groups is 1. The first kappa shape index (κ1) is 17.5. The van der Waals surface area contributed by atoms with Gasteiger partial charge in [-0.1, -0.05) is 6.07 Å². The van der Waals surface area contributed by atoms with Crippen LogP contribution in [0.2, 0.25) is 0 Å². The molecule has 0 saturated carbocycles. The molecule has 0 amide bonds. The molecule has 2 rings (SSSR count). The molecule has 0 aromatic heterocycles. The Morgan fingerprint density at radius 1 is 1.09 bits per heavy atom. The predicted octanol–water partition coefficient (Wildman–Crippen LogP) is 4.11. The number of ether oxygens (including phenoxy) is 1. The van der Waals surface area contributed by atoms with E-state index >= 15 is 0 Å². The molecule has 0 radical (unpaired) electrons. The van der Waals surface area contributed by atoms with Crippen LogP contribution >= 0.6 is 11.8 Å². The van der Waals surface area contributed by atoms with Crippen molar-refractivity contribution in [2.75, 3.05) is 11.8 Å². The minimum absolute atomic E-state index is 0.0211. The lowest BCUT2D eigenvalue weighted by atomic mass is 10.3. The highest BCUT2D eigenvalue weighted by Gasteiger charge is 2.29. The van der Waals surface area contributed by atoms with Crippen molar-refractivity contribution in [3.05, 3.63) is 48.5 Å². The van der Waals surface area contributed by atoms with E-state index in [9.17, 15) is 21.6 Å². The molecule has 0 aliphatic heterocycles. The molecule has 2 aromatic rings.